The number of halogens is 2. The molecule has 0 fully saturated rings. The number of nitriles is 1. The second-order valence-electron chi connectivity index (χ2n) is 7.39. The van der Waals surface area contributed by atoms with Gasteiger partial charge in [0, 0.05) is 9.26 Å². The Morgan fingerprint density at radius 3 is 2.52 bits per heavy atom. The number of amides is 1. The number of ether oxygens (including phenoxy) is 1. The molecule has 0 spiro atoms. The van der Waals surface area contributed by atoms with Crippen LogP contribution in [0, 0.1) is 21.8 Å². The summed E-state index contributed by atoms with van der Waals surface area (Å²) in [5, 5.41) is 12.3. The zero-order chi connectivity index (χ0) is 23.8. The van der Waals surface area contributed by atoms with Crippen LogP contribution in [-0.4, -0.2) is 5.91 Å². The van der Waals surface area contributed by atoms with Gasteiger partial charge in [0.2, 0.25) is 0 Å². The van der Waals surface area contributed by atoms with Crippen LogP contribution in [0.5, 0.6) is 5.75 Å². The second-order valence-corrected chi connectivity index (χ2v) is 9.49. The fourth-order valence-corrected chi connectivity index (χ4v) is 4.11. The van der Waals surface area contributed by atoms with E-state index in [1.165, 1.54) is 3.57 Å². The Labute approximate surface area is 216 Å². The van der Waals surface area contributed by atoms with Gasteiger partial charge in [-0.2, -0.15) is 5.26 Å². The highest BCUT2D eigenvalue weighted by atomic mass is 127. The van der Waals surface area contributed by atoms with Crippen LogP contribution in [0.4, 0.5) is 5.69 Å². The zero-order valence-electron chi connectivity index (χ0n) is 18.1. The van der Waals surface area contributed by atoms with E-state index in [4.69, 9.17) is 4.74 Å². The first-order valence-electron chi connectivity index (χ1n) is 10.2. The molecule has 0 aliphatic carbocycles. The maximum absolute atomic E-state index is 12.6. The van der Waals surface area contributed by atoms with E-state index in [2.05, 4.69) is 50.4 Å². The molecular weight excluding hydrogens is 591 g/mol. The van der Waals surface area contributed by atoms with E-state index in [0.29, 0.717) is 24.5 Å². The molecule has 0 aromatic heterocycles. The number of nitrogens with zero attached hydrogens (tertiary/aromatic N) is 1. The van der Waals surface area contributed by atoms with Crippen LogP contribution >= 0.6 is 38.5 Å². The van der Waals surface area contributed by atoms with Gasteiger partial charge in [0.25, 0.3) is 5.91 Å². The van der Waals surface area contributed by atoms with E-state index >= 15 is 0 Å². The molecule has 3 aromatic carbocycles. The summed E-state index contributed by atoms with van der Waals surface area (Å²) in [5.74, 6) is 0.259. The summed E-state index contributed by atoms with van der Waals surface area (Å²) in [7, 11) is 0. The summed E-state index contributed by atoms with van der Waals surface area (Å²) >= 11 is 5.86. The predicted octanol–water partition coefficient (Wildman–Crippen LogP) is 7.22. The third-order valence-corrected chi connectivity index (χ3v) is 6.10. The molecule has 0 radical (unpaired) electrons. The molecule has 1 amide bonds. The van der Waals surface area contributed by atoms with E-state index < -0.39 is 5.91 Å². The van der Waals surface area contributed by atoms with Gasteiger partial charge in [0.15, 0.2) is 0 Å². The molecule has 33 heavy (non-hydrogen) atoms. The van der Waals surface area contributed by atoms with Gasteiger partial charge >= 0.3 is 0 Å². The first-order valence-corrected chi connectivity index (χ1v) is 12.1. The van der Waals surface area contributed by atoms with Crippen molar-refractivity contribution in [2.75, 3.05) is 5.32 Å². The highest BCUT2D eigenvalue weighted by Gasteiger charge is 2.13. The number of rotatable bonds is 8. The highest BCUT2D eigenvalue weighted by Crippen LogP contribution is 2.33. The second kappa shape index (κ2) is 11.8. The van der Waals surface area contributed by atoms with Gasteiger partial charge in [-0.25, -0.2) is 0 Å². The molecule has 4 nitrogen and oxygen atoms in total. The molecule has 0 aliphatic rings. The van der Waals surface area contributed by atoms with E-state index in [1.54, 1.807) is 24.3 Å². The molecular formula is C27H22BrIN2O2. The summed E-state index contributed by atoms with van der Waals surface area (Å²) in [4.78, 5) is 12.6. The summed E-state index contributed by atoms with van der Waals surface area (Å²) in [5.41, 5.74) is 4.44. The molecule has 0 aliphatic heterocycles. The zero-order valence-corrected chi connectivity index (χ0v) is 21.8. The molecule has 1 N–H and O–H groups in total. The number of benzene rings is 3. The average Bonchev–Trinajstić information content (AvgIpc) is 2.79. The minimum Gasteiger partial charge on any atom is -0.487 e. The fourth-order valence-electron chi connectivity index (χ4n) is 3.11. The molecule has 0 heterocycles. The Morgan fingerprint density at radius 2 is 1.88 bits per heavy atom. The van der Waals surface area contributed by atoms with Crippen molar-refractivity contribution in [2.24, 2.45) is 0 Å². The third-order valence-electron chi connectivity index (χ3n) is 4.79. The van der Waals surface area contributed by atoms with Crippen molar-refractivity contribution < 1.29 is 9.53 Å². The van der Waals surface area contributed by atoms with Gasteiger partial charge in [-0.1, -0.05) is 35.9 Å². The molecule has 166 valence electrons. The number of hydrogen-bond donors (Lipinski definition) is 1. The number of nitrogens with one attached hydrogen (secondary N) is 1. The minimum atomic E-state index is -0.457. The molecule has 0 atom stereocenters. The summed E-state index contributed by atoms with van der Waals surface area (Å²) in [6, 6.07) is 21.3. The van der Waals surface area contributed by atoms with Gasteiger partial charge < -0.3 is 10.1 Å². The maximum Gasteiger partial charge on any atom is 0.266 e. The lowest BCUT2D eigenvalue weighted by molar-refractivity contribution is -0.112. The molecule has 3 aromatic rings. The Hall–Kier alpha value is -2.89. The molecule has 0 saturated heterocycles. The van der Waals surface area contributed by atoms with Crippen molar-refractivity contribution in [1.29, 1.82) is 5.26 Å². The van der Waals surface area contributed by atoms with Crippen LogP contribution in [0.2, 0.25) is 0 Å². The van der Waals surface area contributed by atoms with Gasteiger partial charge in [-0.15, -0.1) is 6.58 Å². The summed E-state index contributed by atoms with van der Waals surface area (Å²) in [6.07, 6.45) is 3.95. The fraction of sp³-hybridized carbons (Fsp3) is 0.111. The van der Waals surface area contributed by atoms with E-state index in [9.17, 15) is 10.1 Å². The number of carbonyl (C=O) groups is 1. The van der Waals surface area contributed by atoms with Gasteiger partial charge in [0.1, 0.15) is 24.0 Å². The van der Waals surface area contributed by atoms with Crippen LogP contribution in [0.25, 0.3) is 6.08 Å². The third kappa shape index (κ3) is 7.04. The van der Waals surface area contributed by atoms with Crippen molar-refractivity contribution in [3.63, 3.8) is 0 Å². The minimum absolute atomic E-state index is 0.0135. The van der Waals surface area contributed by atoms with E-state index in [0.717, 1.165) is 26.7 Å². The normalized spacial score (nSPS) is 10.9. The van der Waals surface area contributed by atoms with E-state index in [-0.39, 0.29) is 5.57 Å². The smallest absolute Gasteiger partial charge is 0.266 e. The topological polar surface area (TPSA) is 62.1 Å². The first-order chi connectivity index (χ1) is 15.9. The Bertz CT molecular complexity index is 1230. The highest BCUT2D eigenvalue weighted by molar-refractivity contribution is 14.1. The molecule has 3 rings (SSSR count). The van der Waals surface area contributed by atoms with Crippen LogP contribution in [0.3, 0.4) is 0 Å². The average molecular weight is 613 g/mol. The number of carbonyl (C=O) groups excluding carboxylic acids is 1. The molecule has 6 heteroatoms. The van der Waals surface area contributed by atoms with Crippen molar-refractivity contribution in [3.05, 3.63) is 109 Å². The number of hydrogen-bond acceptors (Lipinski definition) is 3. The van der Waals surface area contributed by atoms with Crippen molar-refractivity contribution >= 4 is 56.2 Å². The molecule has 0 unspecified atom stereocenters. The van der Waals surface area contributed by atoms with Crippen LogP contribution in [-0.2, 0) is 17.8 Å². The summed E-state index contributed by atoms with van der Waals surface area (Å²) in [6.45, 7) is 6.24. The Kier molecular flexibility index (Phi) is 8.87. The SMILES string of the molecule is C=CCc1cc(/C=C(/C#N)C(=O)Nc2ccc(C)cc2)cc(Br)c1OCc1ccc(I)cc1. The van der Waals surface area contributed by atoms with Crippen molar-refractivity contribution in [1.82, 2.24) is 0 Å². The largest absolute Gasteiger partial charge is 0.487 e. The van der Waals surface area contributed by atoms with Crippen molar-refractivity contribution in [3.8, 4) is 11.8 Å². The Morgan fingerprint density at radius 1 is 1.18 bits per heavy atom. The predicted molar refractivity (Wildman–Crippen MR) is 145 cm³/mol. The van der Waals surface area contributed by atoms with Gasteiger partial charge in [-0.05, 0) is 111 Å². The standard InChI is InChI=1S/C27H22BrIN2O2/c1-3-4-21-13-20(14-22(16-30)27(32)31-24-11-5-18(2)6-12-24)15-25(28)26(21)33-17-19-7-9-23(29)10-8-19/h3,5-15H,1,4,17H2,2H3,(H,31,32)/b22-14-. The summed E-state index contributed by atoms with van der Waals surface area (Å²) < 4.78 is 8.02. The molecule has 0 saturated carbocycles. The van der Waals surface area contributed by atoms with Gasteiger partial charge in [-0.3, -0.25) is 4.79 Å². The van der Waals surface area contributed by atoms with Crippen LogP contribution in [0.1, 0.15) is 22.3 Å². The van der Waals surface area contributed by atoms with Crippen LogP contribution < -0.4 is 10.1 Å². The number of allylic oxidation sites excluding steroid dienone is 1. The lowest BCUT2D eigenvalue weighted by Crippen LogP contribution is -2.13. The lowest BCUT2D eigenvalue weighted by atomic mass is 10.0. The Balaban J connectivity index is 1.84. The monoisotopic (exact) mass is 612 g/mol. The number of aryl methyl sites for hydroxylation is 1. The maximum atomic E-state index is 12.6. The lowest BCUT2D eigenvalue weighted by Gasteiger charge is -2.14. The molecule has 0 bridgehead atoms. The van der Waals surface area contributed by atoms with Crippen LogP contribution in [0.15, 0.2) is 83.4 Å². The van der Waals surface area contributed by atoms with E-state index in [1.807, 2.05) is 61.5 Å². The van der Waals surface area contributed by atoms with Crippen molar-refractivity contribution in [2.45, 2.75) is 20.0 Å². The quantitative estimate of drug-likeness (QED) is 0.126. The number of anilines is 1. The first kappa shape index (κ1) is 24.7. The van der Waals surface area contributed by atoms with Gasteiger partial charge in [0.05, 0.1) is 4.47 Å².